The summed E-state index contributed by atoms with van der Waals surface area (Å²) in [5.74, 6) is 0.837. The molecule has 112 valence electrons. The minimum atomic E-state index is 0.511. The average Bonchev–Trinajstić information content (AvgIpc) is 2.48. The van der Waals surface area contributed by atoms with Crippen molar-refractivity contribution in [3.63, 3.8) is 0 Å². The normalized spacial score (nSPS) is 18.9. The van der Waals surface area contributed by atoms with Gasteiger partial charge in [0, 0.05) is 11.1 Å². The number of hydrogen-bond donors (Lipinski definition) is 0. The van der Waals surface area contributed by atoms with E-state index in [-0.39, 0.29) is 0 Å². The van der Waals surface area contributed by atoms with Gasteiger partial charge in [0.2, 0.25) is 0 Å². The molecule has 0 atom stereocenters. The fourth-order valence-corrected chi connectivity index (χ4v) is 2.05. The van der Waals surface area contributed by atoms with Crippen molar-refractivity contribution in [3.8, 4) is 5.75 Å². The fraction of sp³-hybridized carbons (Fsp3) is 0.600. The first kappa shape index (κ1) is 15.3. The number of methoxy groups -OCH3 is 1. The Kier molecular flexibility index (Phi) is 6.80. The van der Waals surface area contributed by atoms with Crippen molar-refractivity contribution in [3.05, 3.63) is 29.3 Å². The molecular formula is C15H22O5. The van der Waals surface area contributed by atoms with E-state index in [1.54, 1.807) is 7.11 Å². The summed E-state index contributed by atoms with van der Waals surface area (Å²) in [6.45, 7) is 4.45. The lowest BCUT2D eigenvalue weighted by Gasteiger charge is -2.14. The van der Waals surface area contributed by atoms with E-state index in [9.17, 15) is 0 Å². The van der Waals surface area contributed by atoms with Crippen LogP contribution in [0, 0.1) is 0 Å². The molecule has 0 spiro atoms. The minimum Gasteiger partial charge on any atom is -0.496 e. The lowest BCUT2D eigenvalue weighted by molar-refractivity contribution is -0.00523. The molecule has 1 heterocycles. The highest BCUT2D eigenvalue weighted by atomic mass is 16.6. The fourth-order valence-electron chi connectivity index (χ4n) is 2.05. The number of fused-ring (bicyclic) bond motifs is 2. The maximum atomic E-state index is 5.60. The van der Waals surface area contributed by atoms with E-state index in [0.717, 1.165) is 16.9 Å². The molecule has 0 saturated heterocycles. The van der Waals surface area contributed by atoms with Gasteiger partial charge in [-0.2, -0.15) is 0 Å². The largest absolute Gasteiger partial charge is 0.496 e. The van der Waals surface area contributed by atoms with Gasteiger partial charge in [-0.15, -0.1) is 0 Å². The Morgan fingerprint density at radius 3 is 1.65 bits per heavy atom. The van der Waals surface area contributed by atoms with Gasteiger partial charge in [0.05, 0.1) is 60.0 Å². The summed E-state index contributed by atoms with van der Waals surface area (Å²) < 4.78 is 27.5. The third-order valence-electron chi connectivity index (χ3n) is 3.01. The Morgan fingerprint density at radius 2 is 1.20 bits per heavy atom. The van der Waals surface area contributed by atoms with Crippen LogP contribution in [0.4, 0.5) is 0 Å². The van der Waals surface area contributed by atoms with Gasteiger partial charge in [-0.25, -0.2) is 0 Å². The third-order valence-corrected chi connectivity index (χ3v) is 3.01. The van der Waals surface area contributed by atoms with Crippen LogP contribution in [-0.4, -0.2) is 46.8 Å². The van der Waals surface area contributed by atoms with Crippen molar-refractivity contribution in [2.75, 3.05) is 46.8 Å². The highest BCUT2D eigenvalue weighted by molar-refractivity contribution is 5.40. The van der Waals surface area contributed by atoms with Crippen molar-refractivity contribution in [2.45, 2.75) is 13.2 Å². The SMILES string of the molecule is COc1c2cccc1COCCOCCOCCOC2. The highest BCUT2D eigenvalue weighted by Crippen LogP contribution is 2.25. The predicted molar refractivity (Wildman–Crippen MR) is 73.9 cm³/mol. The summed E-state index contributed by atoms with van der Waals surface area (Å²) in [4.78, 5) is 0. The summed E-state index contributed by atoms with van der Waals surface area (Å²) in [6.07, 6.45) is 0. The molecule has 2 rings (SSSR count). The summed E-state index contributed by atoms with van der Waals surface area (Å²) in [5.41, 5.74) is 2.06. The third kappa shape index (κ3) is 4.76. The van der Waals surface area contributed by atoms with Gasteiger partial charge in [0.1, 0.15) is 5.75 Å². The Bertz CT molecular complexity index is 362. The molecule has 2 bridgehead atoms. The second-order valence-electron chi connectivity index (χ2n) is 4.44. The molecule has 1 aromatic rings. The zero-order chi connectivity index (χ0) is 14.0. The van der Waals surface area contributed by atoms with Crippen molar-refractivity contribution < 1.29 is 23.7 Å². The van der Waals surface area contributed by atoms with E-state index in [0.29, 0.717) is 52.9 Å². The van der Waals surface area contributed by atoms with Crippen LogP contribution in [0.3, 0.4) is 0 Å². The monoisotopic (exact) mass is 282 g/mol. The number of hydrogen-bond acceptors (Lipinski definition) is 5. The molecular weight excluding hydrogens is 260 g/mol. The van der Waals surface area contributed by atoms with Gasteiger partial charge >= 0.3 is 0 Å². The van der Waals surface area contributed by atoms with Gasteiger partial charge in [-0.3, -0.25) is 0 Å². The van der Waals surface area contributed by atoms with Crippen LogP contribution < -0.4 is 4.74 Å². The summed E-state index contributed by atoms with van der Waals surface area (Å²) in [7, 11) is 1.67. The molecule has 20 heavy (non-hydrogen) atoms. The summed E-state index contributed by atoms with van der Waals surface area (Å²) in [5, 5.41) is 0. The lowest BCUT2D eigenvalue weighted by atomic mass is 10.1. The van der Waals surface area contributed by atoms with Crippen LogP contribution in [0.1, 0.15) is 11.1 Å². The Labute approximate surface area is 119 Å². The summed E-state index contributed by atoms with van der Waals surface area (Å²) >= 11 is 0. The van der Waals surface area contributed by atoms with E-state index in [1.807, 2.05) is 18.2 Å². The van der Waals surface area contributed by atoms with E-state index >= 15 is 0 Å². The lowest BCUT2D eigenvalue weighted by Crippen LogP contribution is -2.11. The van der Waals surface area contributed by atoms with E-state index in [4.69, 9.17) is 23.7 Å². The molecule has 0 N–H and O–H groups in total. The molecule has 0 aromatic heterocycles. The van der Waals surface area contributed by atoms with Crippen molar-refractivity contribution in [1.82, 2.24) is 0 Å². The maximum Gasteiger partial charge on any atom is 0.129 e. The molecule has 1 aliphatic rings. The van der Waals surface area contributed by atoms with Gasteiger partial charge in [-0.05, 0) is 0 Å². The van der Waals surface area contributed by atoms with Gasteiger partial charge in [-0.1, -0.05) is 18.2 Å². The number of rotatable bonds is 1. The van der Waals surface area contributed by atoms with E-state index in [1.165, 1.54) is 0 Å². The standard InChI is InChI=1S/C15H22O5/c1-16-15-13-3-2-4-14(15)12-20-10-8-18-6-5-17-7-9-19-11-13/h2-4H,5-12H2,1H3. The minimum absolute atomic E-state index is 0.511. The first-order valence-electron chi connectivity index (χ1n) is 6.87. The highest BCUT2D eigenvalue weighted by Gasteiger charge is 2.09. The van der Waals surface area contributed by atoms with Crippen molar-refractivity contribution >= 4 is 0 Å². The van der Waals surface area contributed by atoms with E-state index < -0.39 is 0 Å². The van der Waals surface area contributed by atoms with Crippen LogP contribution in [0.15, 0.2) is 18.2 Å². The molecule has 0 saturated carbocycles. The molecule has 0 fully saturated rings. The number of para-hydroxylation sites is 1. The van der Waals surface area contributed by atoms with Crippen LogP contribution in [0.5, 0.6) is 5.75 Å². The second-order valence-corrected chi connectivity index (χ2v) is 4.44. The van der Waals surface area contributed by atoms with Crippen LogP contribution in [0.2, 0.25) is 0 Å². The Balaban J connectivity index is 2.03. The van der Waals surface area contributed by atoms with Gasteiger partial charge < -0.3 is 23.7 Å². The molecule has 0 radical (unpaired) electrons. The zero-order valence-electron chi connectivity index (χ0n) is 11.9. The number of ether oxygens (including phenoxy) is 5. The molecule has 0 amide bonds. The molecule has 1 aliphatic heterocycles. The summed E-state index contributed by atoms with van der Waals surface area (Å²) in [6, 6.07) is 6.00. The Hall–Kier alpha value is -1.14. The smallest absolute Gasteiger partial charge is 0.129 e. The molecule has 0 unspecified atom stereocenters. The molecule has 0 aliphatic carbocycles. The first-order chi connectivity index (χ1) is 9.92. The van der Waals surface area contributed by atoms with Crippen molar-refractivity contribution in [2.24, 2.45) is 0 Å². The average molecular weight is 282 g/mol. The maximum absolute atomic E-state index is 5.60. The van der Waals surface area contributed by atoms with Gasteiger partial charge in [0.15, 0.2) is 0 Å². The van der Waals surface area contributed by atoms with Crippen molar-refractivity contribution in [1.29, 1.82) is 0 Å². The quantitative estimate of drug-likeness (QED) is 0.785. The molecule has 5 nitrogen and oxygen atoms in total. The zero-order valence-corrected chi connectivity index (χ0v) is 11.9. The van der Waals surface area contributed by atoms with Crippen LogP contribution in [-0.2, 0) is 32.2 Å². The second kappa shape index (κ2) is 8.92. The van der Waals surface area contributed by atoms with Crippen LogP contribution >= 0.6 is 0 Å². The molecule has 1 aromatic carbocycles. The first-order valence-corrected chi connectivity index (χ1v) is 6.87. The predicted octanol–water partition coefficient (Wildman–Crippen LogP) is 1.78. The van der Waals surface area contributed by atoms with Crippen LogP contribution in [0.25, 0.3) is 0 Å². The topological polar surface area (TPSA) is 46.2 Å². The van der Waals surface area contributed by atoms with Gasteiger partial charge in [0.25, 0.3) is 0 Å². The Morgan fingerprint density at radius 1 is 0.750 bits per heavy atom. The number of benzene rings is 1. The van der Waals surface area contributed by atoms with E-state index in [2.05, 4.69) is 0 Å². The molecule has 5 heteroatoms.